The number of ether oxygens (including phenoxy) is 1. The SMILES string of the molecule is O=C(CN1CCN(C(=O)c2ccc(Oc3ccccc3)cc2)CC1)Nc1ccccc1Cl. The molecule has 164 valence electrons. The predicted molar refractivity (Wildman–Crippen MR) is 125 cm³/mol. The van der Waals surface area contributed by atoms with Crippen LogP contribution in [0.1, 0.15) is 10.4 Å². The number of anilines is 1. The van der Waals surface area contributed by atoms with Gasteiger partial charge in [0.2, 0.25) is 5.91 Å². The number of benzene rings is 3. The van der Waals surface area contributed by atoms with Crippen LogP contribution in [0.3, 0.4) is 0 Å². The number of hydrogen-bond donors (Lipinski definition) is 1. The lowest BCUT2D eigenvalue weighted by molar-refractivity contribution is -0.117. The van der Waals surface area contributed by atoms with E-state index < -0.39 is 0 Å². The Balaban J connectivity index is 1.26. The summed E-state index contributed by atoms with van der Waals surface area (Å²) in [6.45, 7) is 2.67. The quantitative estimate of drug-likeness (QED) is 0.600. The monoisotopic (exact) mass is 449 g/mol. The third kappa shape index (κ3) is 5.66. The second-order valence-corrected chi connectivity index (χ2v) is 7.94. The van der Waals surface area contributed by atoms with Crippen LogP contribution in [0.4, 0.5) is 5.69 Å². The Bertz CT molecular complexity index is 1070. The molecular formula is C25H24ClN3O3. The van der Waals surface area contributed by atoms with Gasteiger partial charge < -0.3 is 15.0 Å². The molecule has 1 N–H and O–H groups in total. The number of hydrogen-bond acceptors (Lipinski definition) is 4. The van der Waals surface area contributed by atoms with Crippen molar-refractivity contribution in [2.45, 2.75) is 0 Å². The van der Waals surface area contributed by atoms with Gasteiger partial charge >= 0.3 is 0 Å². The molecule has 0 saturated carbocycles. The van der Waals surface area contributed by atoms with Crippen LogP contribution in [0.2, 0.25) is 5.02 Å². The fourth-order valence-corrected chi connectivity index (χ4v) is 3.72. The van der Waals surface area contributed by atoms with E-state index in [4.69, 9.17) is 16.3 Å². The van der Waals surface area contributed by atoms with Crippen LogP contribution in [-0.2, 0) is 4.79 Å². The molecule has 0 aliphatic carbocycles. The highest BCUT2D eigenvalue weighted by molar-refractivity contribution is 6.33. The summed E-state index contributed by atoms with van der Waals surface area (Å²) in [6, 6.07) is 23.8. The number of carbonyl (C=O) groups is 2. The first-order valence-corrected chi connectivity index (χ1v) is 10.9. The first-order valence-electron chi connectivity index (χ1n) is 10.5. The van der Waals surface area contributed by atoms with E-state index in [1.165, 1.54) is 0 Å². The van der Waals surface area contributed by atoms with E-state index >= 15 is 0 Å². The van der Waals surface area contributed by atoms with Gasteiger partial charge in [-0.25, -0.2) is 0 Å². The molecular weight excluding hydrogens is 426 g/mol. The summed E-state index contributed by atoms with van der Waals surface area (Å²) in [5.74, 6) is 1.30. The van der Waals surface area contributed by atoms with Crippen molar-refractivity contribution in [3.8, 4) is 11.5 Å². The minimum absolute atomic E-state index is 0.0172. The average Bonchev–Trinajstić information content (AvgIpc) is 2.82. The van der Waals surface area contributed by atoms with E-state index in [1.807, 2.05) is 52.3 Å². The summed E-state index contributed by atoms with van der Waals surface area (Å²) in [5, 5.41) is 3.35. The van der Waals surface area contributed by atoms with Gasteiger partial charge in [-0.1, -0.05) is 41.9 Å². The molecule has 32 heavy (non-hydrogen) atoms. The molecule has 7 heteroatoms. The van der Waals surface area contributed by atoms with E-state index in [1.54, 1.807) is 36.4 Å². The van der Waals surface area contributed by atoms with Crippen LogP contribution in [0.5, 0.6) is 11.5 Å². The van der Waals surface area contributed by atoms with Gasteiger partial charge in [0, 0.05) is 31.7 Å². The van der Waals surface area contributed by atoms with Crippen molar-refractivity contribution in [3.63, 3.8) is 0 Å². The molecule has 0 spiro atoms. The first-order chi connectivity index (χ1) is 15.6. The predicted octanol–water partition coefficient (Wildman–Crippen LogP) is 4.53. The molecule has 0 aromatic heterocycles. The summed E-state index contributed by atoms with van der Waals surface area (Å²) in [4.78, 5) is 29.0. The number of carbonyl (C=O) groups excluding carboxylic acids is 2. The zero-order valence-electron chi connectivity index (χ0n) is 17.5. The van der Waals surface area contributed by atoms with Crippen LogP contribution < -0.4 is 10.1 Å². The van der Waals surface area contributed by atoms with Gasteiger partial charge in [-0.2, -0.15) is 0 Å². The van der Waals surface area contributed by atoms with Gasteiger partial charge in [-0.15, -0.1) is 0 Å². The normalized spacial score (nSPS) is 14.1. The number of nitrogens with one attached hydrogen (secondary N) is 1. The lowest BCUT2D eigenvalue weighted by Crippen LogP contribution is -2.50. The highest BCUT2D eigenvalue weighted by Gasteiger charge is 2.23. The molecule has 1 heterocycles. The van der Waals surface area contributed by atoms with Crippen molar-refractivity contribution < 1.29 is 14.3 Å². The molecule has 6 nitrogen and oxygen atoms in total. The number of para-hydroxylation sites is 2. The molecule has 0 unspecified atom stereocenters. The van der Waals surface area contributed by atoms with Gasteiger partial charge in [-0.3, -0.25) is 14.5 Å². The van der Waals surface area contributed by atoms with Crippen molar-refractivity contribution in [3.05, 3.63) is 89.4 Å². The fourth-order valence-electron chi connectivity index (χ4n) is 3.54. The third-order valence-corrected chi connectivity index (χ3v) is 5.58. The number of nitrogens with zero attached hydrogens (tertiary/aromatic N) is 2. The minimum Gasteiger partial charge on any atom is -0.457 e. The van der Waals surface area contributed by atoms with E-state index in [9.17, 15) is 9.59 Å². The van der Waals surface area contributed by atoms with Crippen LogP contribution in [0, 0.1) is 0 Å². The Morgan fingerprint density at radius 1 is 0.812 bits per heavy atom. The Labute approximate surface area is 192 Å². The average molecular weight is 450 g/mol. The van der Waals surface area contributed by atoms with Gasteiger partial charge in [-0.05, 0) is 48.5 Å². The topological polar surface area (TPSA) is 61.9 Å². The second-order valence-electron chi connectivity index (χ2n) is 7.54. The van der Waals surface area contributed by atoms with E-state index in [0.29, 0.717) is 48.2 Å². The molecule has 3 aromatic rings. The summed E-state index contributed by atoms with van der Waals surface area (Å²) in [7, 11) is 0. The Morgan fingerprint density at radius 3 is 2.12 bits per heavy atom. The van der Waals surface area contributed by atoms with Crippen LogP contribution in [-0.4, -0.2) is 54.3 Å². The van der Waals surface area contributed by atoms with Crippen LogP contribution in [0.15, 0.2) is 78.9 Å². The largest absolute Gasteiger partial charge is 0.457 e. The van der Waals surface area contributed by atoms with Gasteiger partial charge in [0.05, 0.1) is 17.3 Å². The minimum atomic E-state index is -0.119. The lowest BCUT2D eigenvalue weighted by Gasteiger charge is -2.34. The lowest BCUT2D eigenvalue weighted by atomic mass is 10.1. The van der Waals surface area contributed by atoms with Crippen molar-refractivity contribution >= 4 is 29.1 Å². The Hall–Kier alpha value is -3.35. The summed E-state index contributed by atoms with van der Waals surface area (Å²) >= 11 is 6.09. The zero-order chi connectivity index (χ0) is 22.3. The molecule has 2 amide bonds. The molecule has 1 aliphatic heterocycles. The molecule has 1 fully saturated rings. The zero-order valence-corrected chi connectivity index (χ0v) is 18.3. The van der Waals surface area contributed by atoms with Crippen molar-refractivity contribution in [2.75, 3.05) is 38.0 Å². The number of rotatable bonds is 6. The number of piperazine rings is 1. The molecule has 0 bridgehead atoms. The third-order valence-electron chi connectivity index (χ3n) is 5.25. The fraction of sp³-hybridized carbons (Fsp3) is 0.200. The standard InChI is InChI=1S/C25H24ClN3O3/c26-22-8-4-5-9-23(22)27-24(30)18-28-14-16-29(17-15-28)25(31)19-10-12-21(13-11-19)32-20-6-2-1-3-7-20/h1-13H,14-18H2,(H,27,30). The maximum Gasteiger partial charge on any atom is 0.253 e. The Morgan fingerprint density at radius 2 is 1.44 bits per heavy atom. The summed E-state index contributed by atoms with van der Waals surface area (Å²) in [5.41, 5.74) is 1.22. The summed E-state index contributed by atoms with van der Waals surface area (Å²) in [6.07, 6.45) is 0. The molecule has 0 atom stereocenters. The van der Waals surface area contributed by atoms with Gasteiger partial charge in [0.25, 0.3) is 5.91 Å². The second kappa shape index (κ2) is 10.3. The van der Waals surface area contributed by atoms with E-state index in [0.717, 1.165) is 5.75 Å². The molecule has 1 aliphatic rings. The maximum absolute atomic E-state index is 12.8. The van der Waals surface area contributed by atoms with Crippen molar-refractivity contribution in [1.29, 1.82) is 0 Å². The van der Waals surface area contributed by atoms with E-state index in [-0.39, 0.29) is 18.4 Å². The molecule has 4 rings (SSSR count). The first kappa shape index (κ1) is 21.9. The van der Waals surface area contributed by atoms with Gasteiger partial charge in [0.1, 0.15) is 11.5 Å². The van der Waals surface area contributed by atoms with Crippen molar-refractivity contribution in [1.82, 2.24) is 9.80 Å². The van der Waals surface area contributed by atoms with E-state index in [2.05, 4.69) is 5.32 Å². The van der Waals surface area contributed by atoms with Crippen molar-refractivity contribution in [2.24, 2.45) is 0 Å². The van der Waals surface area contributed by atoms with Crippen LogP contribution >= 0.6 is 11.6 Å². The van der Waals surface area contributed by atoms with Gasteiger partial charge in [0.15, 0.2) is 0 Å². The molecule has 1 saturated heterocycles. The Kier molecular flexibility index (Phi) is 7.04. The molecule has 0 radical (unpaired) electrons. The number of halogens is 1. The summed E-state index contributed by atoms with van der Waals surface area (Å²) < 4.78 is 5.78. The van der Waals surface area contributed by atoms with Crippen LogP contribution in [0.25, 0.3) is 0 Å². The molecule has 3 aromatic carbocycles. The highest BCUT2D eigenvalue weighted by Crippen LogP contribution is 2.22. The maximum atomic E-state index is 12.8. The smallest absolute Gasteiger partial charge is 0.253 e. The number of amides is 2. The highest BCUT2D eigenvalue weighted by atomic mass is 35.5.